The van der Waals surface area contributed by atoms with Crippen LogP contribution in [0.15, 0.2) is 24.3 Å². The van der Waals surface area contributed by atoms with Crippen LogP contribution in [0.1, 0.15) is 30.4 Å². The largest absolute Gasteiger partial charge is 0.341 e. The molecule has 1 amide bonds. The van der Waals surface area contributed by atoms with Gasteiger partial charge in [-0.2, -0.15) is 0 Å². The van der Waals surface area contributed by atoms with Gasteiger partial charge >= 0.3 is 0 Å². The number of hydrogen-bond donors (Lipinski definition) is 1. The molecule has 0 aromatic heterocycles. The molecule has 0 saturated carbocycles. The third-order valence-corrected chi connectivity index (χ3v) is 6.04. The fourth-order valence-corrected chi connectivity index (χ4v) is 4.70. The van der Waals surface area contributed by atoms with Crippen molar-refractivity contribution in [2.75, 3.05) is 26.7 Å². The number of fused-ring (bicyclic) bond motifs is 2. The van der Waals surface area contributed by atoms with E-state index in [4.69, 9.17) is 0 Å². The molecule has 2 fully saturated rings. The average Bonchev–Trinajstić information content (AvgIpc) is 2.60. The van der Waals surface area contributed by atoms with Crippen molar-refractivity contribution in [3.63, 3.8) is 0 Å². The van der Waals surface area contributed by atoms with E-state index in [9.17, 15) is 4.79 Å². The lowest BCUT2D eigenvalue weighted by molar-refractivity contribution is -0.137. The molecular weight excluding hydrogens is 322 g/mol. The van der Waals surface area contributed by atoms with E-state index in [1.165, 1.54) is 30.5 Å². The van der Waals surface area contributed by atoms with Gasteiger partial charge in [0.2, 0.25) is 5.91 Å². The number of carbonyl (C=O) groups is 1. The topological polar surface area (TPSA) is 35.6 Å². The van der Waals surface area contributed by atoms with Gasteiger partial charge in [0.05, 0.1) is 6.04 Å². The van der Waals surface area contributed by atoms with Gasteiger partial charge in [0.25, 0.3) is 0 Å². The van der Waals surface area contributed by atoms with Gasteiger partial charge in [0, 0.05) is 25.7 Å². The maximum Gasteiger partial charge on any atom is 0.240 e. The third-order valence-electron chi connectivity index (χ3n) is 6.04. The quantitative estimate of drug-likeness (QED) is 0.843. The molecule has 24 heavy (non-hydrogen) atoms. The van der Waals surface area contributed by atoms with Crippen LogP contribution in [0, 0.1) is 5.92 Å². The summed E-state index contributed by atoms with van der Waals surface area (Å²) in [5.74, 6) is 0.980. The van der Waals surface area contributed by atoms with Gasteiger partial charge in [-0.1, -0.05) is 24.3 Å². The summed E-state index contributed by atoms with van der Waals surface area (Å²) >= 11 is 0. The molecule has 132 valence electrons. The molecule has 5 heteroatoms. The minimum Gasteiger partial charge on any atom is -0.341 e. The normalized spacial score (nSPS) is 30.0. The Kier molecular flexibility index (Phi) is 5.48. The zero-order valence-corrected chi connectivity index (χ0v) is 15.2. The van der Waals surface area contributed by atoms with Gasteiger partial charge < -0.3 is 15.1 Å². The second kappa shape index (κ2) is 7.42. The predicted octanol–water partition coefficient (Wildman–Crippen LogP) is 2.07. The minimum atomic E-state index is -0.0391. The molecule has 4 nitrogen and oxygen atoms in total. The molecule has 1 N–H and O–H groups in total. The van der Waals surface area contributed by atoms with Crippen molar-refractivity contribution in [1.29, 1.82) is 0 Å². The molecule has 3 unspecified atom stereocenters. The van der Waals surface area contributed by atoms with Crippen LogP contribution in [-0.2, 0) is 17.8 Å². The van der Waals surface area contributed by atoms with Gasteiger partial charge in [-0.3, -0.25) is 4.79 Å². The lowest BCUT2D eigenvalue weighted by Gasteiger charge is -2.46. The number of carbonyl (C=O) groups excluding carboxylic acids is 1. The number of hydrogen-bond acceptors (Lipinski definition) is 3. The molecule has 1 aromatic carbocycles. The van der Waals surface area contributed by atoms with Crippen LogP contribution in [0.3, 0.4) is 0 Å². The Balaban J connectivity index is 0.00000169. The molecule has 2 saturated heterocycles. The van der Waals surface area contributed by atoms with E-state index in [1.54, 1.807) is 0 Å². The molecule has 0 spiro atoms. The molecule has 0 bridgehead atoms. The fourth-order valence-electron chi connectivity index (χ4n) is 4.70. The SMILES string of the molecule is CN1CCCC2CN(C(=O)C3Cc4ccccc4CN3)CCC21.Cl. The van der Waals surface area contributed by atoms with Gasteiger partial charge in [-0.15, -0.1) is 12.4 Å². The number of halogens is 1. The molecule has 3 atom stereocenters. The van der Waals surface area contributed by atoms with Gasteiger partial charge in [-0.05, 0) is 56.3 Å². The van der Waals surface area contributed by atoms with E-state index in [1.807, 2.05) is 0 Å². The summed E-state index contributed by atoms with van der Waals surface area (Å²) in [7, 11) is 2.24. The van der Waals surface area contributed by atoms with Crippen molar-refractivity contribution in [3.8, 4) is 0 Å². The second-order valence-corrected chi connectivity index (χ2v) is 7.43. The van der Waals surface area contributed by atoms with Crippen LogP contribution in [0.2, 0.25) is 0 Å². The van der Waals surface area contributed by atoms with Crippen LogP contribution in [-0.4, -0.2) is 54.5 Å². The maximum absolute atomic E-state index is 13.0. The lowest BCUT2D eigenvalue weighted by Crippen LogP contribution is -2.57. The first-order valence-electron chi connectivity index (χ1n) is 9.01. The summed E-state index contributed by atoms with van der Waals surface area (Å²) in [6, 6.07) is 9.13. The van der Waals surface area contributed by atoms with Crippen molar-refractivity contribution < 1.29 is 4.79 Å². The summed E-state index contributed by atoms with van der Waals surface area (Å²) < 4.78 is 0. The molecular formula is C19H28ClN3O. The third kappa shape index (κ3) is 3.32. The Bertz CT molecular complexity index is 594. The van der Waals surface area contributed by atoms with Crippen LogP contribution in [0.25, 0.3) is 0 Å². The van der Waals surface area contributed by atoms with Gasteiger partial charge in [0.15, 0.2) is 0 Å². The van der Waals surface area contributed by atoms with Crippen LogP contribution in [0.4, 0.5) is 0 Å². The Morgan fingerprint density at radius 3 is 2.79 bits per heavy atom. The number of nitrogens with one attached hydrogen (secondary N) is 1. The molecule has 3 aliphatic rings. The highest BCUT2D eigenvalue weighted by Crippen LogP contribution is 2.30. The number of likely N-dealkylation sites (tertiary alicyclic amines) is 2. The summed E-state index contributed by atoms with van der Waals surface area (Å²) in [5.41, 5.74) is 2.67. The maximum atomic E-state index is 13.0. The monoisotopic (exact) mass is 349 g/mol. The number of piperidine rings is 2. The molecule has 3 heterocycles. The summed E-state index contributed by atoms with van der Waals surface area (Å²) in [6.45, 7) is 3.91. The predicted molar refractivity (Wildman–Crippen MR) is 98.4 cm³/mol. The number of nitrogens with zero attached hydrogens (tertiary/aromatic N) is 2. The highest BCUT2D eigenvalue weighted by atomic mass is 35.5. The van der Waals surface area contributed by atoms with Crippen LogP contribution < -0.4 is 5.32 Å². The standard InChI is InChI=1S/C19H27N3O.ClH/c1-21-9-4-7-16-13-22(10-8-18(16)21)19(23)17-11-14-5-2-3-6-15(14)12-20-17;/h2-3,5-6,16-18,20H,4,7-13H2,1H3;1H. The summed E-state index contributed by atoms with van der Waals surface area (Å²) in [4.78, 5) is 17.6. The first-order valence-corrected chi connectivity index (χ1v) is 9.01. The van der Waals surface area contributed by atoms with Gasteiger partial charge in [0.1, 0.15) is 0 Å². The smallest absolute Gasteiger partial charge is 0.240 e. The zero-order valence-electron chi connectivity index (χ0n) is 14.4. The summed E-state index contributed by atoms with van der Waals surface area (Å²) in [6.07, 6.45) is 4.52. The molecule has 4 rings (SSSR count). The Morgan fingerprint density at radius 2 is 1.96 bits per heavy atom. The lowest BCUT2D eigenvalue weighted by atomic mass is 9.83. The Morgan fingerprint density at radius 1 is 1.17 bits per heavy atom. The van der Waals surface area contributed by atoms with E-state index >= 15 is 0 Å². The van der Waals surface area contributed by atoms with E-state index in [2.05, 4.69) is 46.4 Å². The molecule has 0 radical (unpaired) electrons. The summed E-state index contributed by atoms with van der Waals surface area (Å²) in [5, 5.41) is 3.45. The highest BCUT2D eigenvalue weighted by Gasteiger charge is 2.37. The fraction of sp³-hybridized carbons (Fsp3) is 0.632. The number of rotatable bonds is 1. The first kappa shape index (κ1) is 17.7. The minimum absolute atomic E-state index is 0. The van der Waals surface area contributed by atoms with Crippen molar-refractivity contribution in [2.24, 2.45) is 5.92 Å². The van der Waals surface area contributed by atoms with Crippen LogP contribution >= 0.6 is 12.4 Å². The van der Waals surface area contributed by atoms with E-state index in [0.717, 1.165) is 32.5 Å². The second-order valence-electron chi connectivity index (χ2n) is 7.43. The average molecular weight is 350 g/mol. The van der Waals surface area contributed by atoms with E-state index in [0.29, 0.717) is 17.9 Å². The Hall–Kier alpha value is -1.10. The number of benzene rings is 1. The highest BCUT2D eigenvalue weighted by molar-refractivity contribution is 5.85. The van der Waals surface area contributed by atoms with Crippen molar-refractivity contribution in [2.45, 2.75) is 44.3 Å². The van der Waals surface area contributed by atoms with Crippen molar-refractivity contribution in [3.05, 3.63) is 35.4 Å². The van der Waals surface area contributed by atoms with E-state index < -0.39 is 0 Å². The molecule has 1 aromatic rings. The van der Waals surface area contributed by atoms with Crippen LogP contribution in [0.5, 0.6) is 0 Å². The van der Waals surface area contributed by atoms with Gasteiger partial charge in [-0.25, -0.2) is 0 Å². The van der Waals surface area contributed by atoms with E-state index in [-0.39, 0.29) is 18.4 Å². The molecule has 0 aliphatic carbocycles. The Labute approximate surface area is 151 Å². The molecule has 3 aliphatic heterocycles. The zero-order chi connectivity index (χ0) is 15.8. The number of amides is 1. The van der Waals surface area contributed by atoms with Crippen molar-refractivity contribution in [1.82, 2.24) is 15.1 Å². The van der Waals surface area contributed by atoms with Crippen molar-refractivity contribution >= 4 is 18.3 Å². The first-order chi connectivity index (χ1) is 11.2.